The molecular weight excluding hydrogens is 374 g/mol. The molecule has 1 heterocycles. The Balaban J connectivity index is 2.24. The fraction of sp³-hybridized carbons (Fsp3) is 0. The van der Waals surface area contributed by atoms with Crippen LogP contribution in [0.2, 0.25) is 0 Å². The maximum absolute atomic E-state index is 13.2. The minimum absolute atomic E-state index is 0.0239. The number of aromatic amines is 1. The van der Waals surface area contributed by atoms with Crippen LogP contribution in [-0.4, -0.2) is 16.6 Å². The van der Waals surface area contributed by atoms with Crippen LogP contribution in [0.15, 0.2) is 71.0 Å². The summed E-state index contributed by atoms with van der Waals surface area (Å²) in [5, 5.41) is 0.572. The lowest BCUT2D eigenvalue weighted by Crippen LogP contribution is -2.43. The predicted molar refractivity (Wildman–Crippen MR) is 110 cm³/mol. The monoisotopic (exact) mass is 387 g/mol. The van der Waals surface area contributed by atoms with Gasteiger partial charge in [0.2, 0.25) is 0 Å². The third-order valence-electron chi connectivity index (χ3n) is 4.75. The first-order chi connectivity index (χ1) is 13.4. The molecule has 0 fully saturated rings. The molecule has 136 valence electrons. The van der Waals surface area contributed by atoms with Gasteiger partial charge in [-0.15, -0.1) is 0 Å². The van der Waals surface area contributed by atoms with E-state index in [2.05, 4.69) is 18.1 Å². The van der Waals surface area contributed by atoms with Crippen molar-refractivity contribution in [1.29, 1.82) is 0 Å². The van der Waals surface area contributed by atoms with E-state index in [1.54, 1.807) is 54.6 Å². The number of ketones is 2. The molecule has 0 radical (unpaired) electrons. The maximum atomic E-state index is 13.2. The zero-order valence-corrected chi connectivity index (χ0v) is 15.5. The summed E-state index contributed by atoms with van der Waals surface area (Å²) >= 11 is 6.15. The summed E-state index contributed by atoms with van der Waals surface area (Å²) in [6.07, 6.45) is 0. The molecule has 0 amide bonds. The topological polar surface area (TPSA) is 67.0 Å². The number of rotatable bonds is 3. The van der Waals surface area contributed by atoms with Crippen LogP contribution in [0.4, 0.5) is 0 Å². The highest BCUT2D eigenvalue weighted by atomic mass is 35.5. The highest BCUT2D eigenvalue weighted by Gasteiger charge is 2.31. The Morgan fingerprint density at radius 3 is 2.18 bits per heavy atom. The summed E-state index contributed by atoms with van der Waals surface area (Å²) in [5.74, 6) is -0.764. The number of benzene rings is 2. The number of hydrogen-bond acceptors (Lipinski definition) is 3. The highest BCUT2D eigenvalue weighted by Crippen LogP contribution is 2.32. The summed E-state index contributed by atoms with van der Waals surface area (Å²) in [7, 11) is 0. The number of fused-ring (bicyclic) bond motifs is 3. The Bertz CT molecular complexity index is 1350. The number of halogens is 1. The van der Waals surface area contributed by atoms with E-state index in [0.29, 0.717) is 27.5 Å². The average Bonchev–Trinajstić information content (AvgIpc) is 2.69. The van der Waals surface area contributed by atoms with Crippen molar-refractivity contribution in [1.82, 2.24) is 4.98 Å². The second kappa shape index (κ2) is 6.59. The number of pyridine rings is 1. The summed E-state index contributed by atoms with van der Waals surface area (Å²) in [6, 6.07) is 15.3. The van der Waals surface area contributed by atoms with Gasteiger partial charge in [0, 0.05) is 32.3 Å². The molecule has 0 bridgehead atoms. The van der Waals surface area contributed by atoms with Gasteiger partial charge >= 0.3 is 0 Å². The quantitative estimate of drug-likeness (QED) is 0.703. The summed E-state index contributed by atoms with van der Waals surface area (Å²) < 4.78 is 0. The van der Waals surface area contributed by atoms with Crippen LogP contribution in [0, 0.1) is 0 Å². The van der Waals surface area contributed by atoms with Crippen LogP contribution in [0.3, 0.4) is 0 Å². The SMILES string of the molecule is C=C(Cl)C1=c2c(c(C(=O)c3ccccc3)c(=O)[nH]c2=C)-c2ccccc2C1=O. The first-order valence-corrected chi connectivity index (χ1v) is 8.87. The molecule has 0 spiro atoms. The molecule has 2 aromatic carbocycles. The lowest BCUT2D eigenvalue weighted by molar-refractivity contribution is 0.103. The average molecular weight is 388 g/mol. The molecule has 0 saturated heterocycles. The number of hydrogen-bond donors (Lipinski definition) is 1. The van der Waals surface area contributed by atoms with E-state index in [-0.39, 0.29) is 27.3 Å². The van der Waals surface area contributed by atoms with Gasteiger partial charge in [-0.1, -0.05) is 79.4 Å². The van der Waals surface area contributed by atoms with E-state index in [0.717, 1.165) is 0 Å². The molecule has 0 atom stereocenters. The predicted octanol–water partition coefficient (Wildman–Crippen LogP) is 2.78. The van der Waals surface area contributed by atoms with Gasteiger partial charge in [0.05, 0.1) is 11.1 Å². The molecule has 4 nitrogen and oxygen atoms in total. The molecular formula is C23H14ClNO3. The molecule has 4 rings (SSSR count). The number of nitrogens with one attached hydrogen (secondary N) is 1. The van der Waals surface area contributed by atoms with Gasteiger partial charge < -0.3 is 4.98 Å². The number of carbonyl (C=O) groups excluding carboxylic acids is 2. The zero-order chi connectivity index (χ0) is 20.0. The second-order valence-electron chi connectivity index (χ2n) is 6.41. The largest absolute Gasteiger partial charge is 0.322 e. The van der Waals surface area contributed by atoms with Gasteiger partial charge in [-0.05, 0) is 5.56 Å². The van der Waals surface area contributed by atoms with Crippen molar-refractivity contribution in [3.63, 3.8) is 0 Å². The van der Waals surface area contributed by atoms with E-state index in [1.165, 1.54) is 0 Å². The fourth-order valence-electron chi connectivity index (χ4n) is 3.55. The Kier molecular flexibility index (Phi) is 4.21. The molecule has 1 aromatic heterocycles. The minimum atomic E-state index is -0.568. The number of carbonyl (C=O) groups is 2. The highest BCUT2D eigenvalue weighted by molar-refractivity contribution is 6.47. The Hall–Kier alpha value is -3.50. The van der Waals surface area contributed by atoms with E-state index in [4.69, 9.17) is 11.6 Å². The Morgan fingerprint density at radius 1 is 0.929 bits per heavy atom. The van der Waals surface area contributed by atoms with Gasteiger partial charge in [-0.25, -0.2) is 0 Å². The third-order valence-corrected chi connectivity index (χ3v) is 4.93. The van der Waals surface area contributed by atoms with Crippen molar-refractivity contribution < 1.29 is 9.59 Å². The van der Waals surface area contributed by atoms with Gasteiger partial charge in [-0.3, -0.25) is 14.4 Å². The fourth-order valence-corrected chi connectivity index (χ4v) is 3.73. The number of allylic oxidation sites excluding steroid dienone is 1. The van der Waals surface area contributed by atoms with E-state index in [9.17, 15) is 14.4 Å². The minimum Gasteiger partial charge on any atom is -0.322 e. The van der Waals surface area contributed by atoms with Crippen LogP contribution in [0.5, 0.6) is 0 Å². The smallest absolute Gasteiger partial charge is 0.260 e. The molecule has 1 N–H and O–H groups in total. The molecule has 1 aliphatic carbocycles. The van der Waals surface area contributed by atoms with Crippen LogP contribution < -0.4 is 16.1 Å². The standard InChI is InChI=1S/C23H14ClNO3/c1-12(24)17-18-13(2)25-23(28)20(21(26)14-8-4-3-5-9-14)19(18)15-10-6-7-11-16(15)22(17)27/h3-11H,1-2H2,(H,25,28). The third kappa shape index (κ3) is 2.58. The maximum Gasteiger partial charge on any atom is 0.260 e. The number of Topliss-reactive ketones (excluding diaryl/α,β-unsaturated/α-hetero) is 1. The summed E-state index contributed by atoms with van der Waals surface area (Å²) in [5.41, 5.74) is 1.10. The van der Waals surface area contributed by atoms with Gasteiger partial charge in [0.15, 0.2) is 11.6 Å². The van der Waals surface area contributed by atoms with Gasteiger partial charge in [0.25, 0.3) is 5.56 Å². The van der Waals surface area contributed by atoms with Crippen molar-refractivity contribution in [2.75, 3.05) is 0 Å². The van der Waals surface area contributed by atoms with Crippen LogP contribution >= 0.6 is 11.6 Å². The molecule has 28 heavy (non-hydrogen) atoms. The first kappa shape index (κ1) is 17.9. The summed E-state index contributed by atoms with van der Waals surface area (Å²) in [4.78, 5) is 41.7. The van der Waals surface area contributed by atoms with Gasteiger partial charge in [-0.2, -0.15) is 0 Å². The molecule has 3 aromatic rings. The lowest BCUT2D eigenvalue weighted by atomic mass is 9.82. The van der Waals surface area contributed by atoms with E-state index >= 15 is 0 Å². The Morgan fingerprint density at radius 2 is 1.54 bits per heavy atom. The second-order valence-corrected chi connectivity index (χ2v) is 6.86. The zero-order valence-electron chi connectivity index (χ0n) is 14.7. The van der Waals surface area contributed by atoms with Crippen molar-refractivity contribution in [2.24, 2.45) is 0 Å². The molecule has 0 saturated carbocycles. The molecule has 5 heteroatoms. The van der Waals surface area contributed by atoms with Crippen molar-refractivity contribution in [2.45, 2.75) is 0 Å². The normalized spacial score (nSPS) is 12.3. The first-order valence-electron chi connectivity index (χ1n) is 8.50. The summed E-state index contributed by atoms with van der Waals surface area (Å²) in [6.45, 7) is 7.57. The van der Waals surface area contributed by atoms with Crippen molar-refractivity contribution in [3.8, 4) is 11.1 Å². The van der Waals surface area contributed by atoms with Crippen molar-refractivity contribution >= 4 is 35.3 Å². The lowest BCUT2D eigenvalue weighted by Gasteiger charge is -2.20. The number of aromatic nitrogens is 1. The van der Waals surface area contributed by atoms with E-state index in [1.807, 2.05) is 0 Å². The molecule has 0 unspecified atom stereocenters. The number of H-pyrrole nitrogens is 1. The molecule has 0 aliphatic heterocycles. The van der Waals surface area contributed by atoms with Crippen LogP contribution in [0.1, 0.15) is 26.3 Å². The van der Waals surface area contributed by atoms with Gasteiger partial charge in [0.1, 0.15) is 0 Å². The van der Waals surface area contributed by atoms with E-state index < -0.39 is 11.3 Å². The Labute approximate surface area is 165 Å². The molecule has 1 aliphatic rings. The van der Waals surface area contributed by atoms with Crippen LogP contribution in [0.25, 0.3) is 23.3 Å². The van der Waals surface area contributed by atoms with Crippen molar-refractivity contribution in [3.05, 3.63) is 104 Å². The van der Waals surface area contributed by atoms with Crippen LogP contribution in [-0.2, 0) is 0 Å².